The molecule has 96 valence electrons. The predicted octanol–water partition coefficient (Wildman–Crippen LogP) is 3.19. The Morgan fingerprint density at radius 2 is 2.16 bits per heavy atom. The molecule has 0 saturated carbocycles. The van der Waals surface area contributed by atoms with E-state index in [0.29, 0.717) is 28.7 Å². The van der Waals surface area contributed by atoms with E-state index in [-0.39, 0.29) is 0 Å². The highest BCUT2D eigenvalue weighted by molar-refractivity contribution is 6.30. The molecule has 0 aliphatic rings. The van der Waals surface area contributed by atoms with Gasteiger partial charge in [0.2, 0.25) is 0 Å². The summed E-state index contributed by atoms with van der Waals surface area (Å²) in [5.74, 6) is 1.13. The van der Waals surface area contributed by atoms with Crippen LogP contribution in [0.25, 0.3) is 0 Å². The molecule has 19 heavy (non-hydrogen) atoms. The highest BCUT2D eigenvalue weighted by Gasteiger charge is 2.04. The number of nitriles is 1. The van der Waals surface area contributed by atoms with Crippen LogP contribution in [0.5, 0.6) is 11.5 Å². The van der Waals surface area contributed by atoms with E-state index in [0.717, 1.165) is 5.56 Å². The van der Waals surface area contributed by atoms with Crippen LogP contribution in [0.3, 0.4) is 0 Å². The highest BCUT2D eigenvalue weighted by Crippen LogP contribution is 2.21. The molecule has 0 aliphatic carbocycles. The number of ether oxygens (including phenoxy) is 2. The molecule has 2 rings (SSSR count). The molecule has 5 heteroatoms. The summed E-state index contributed by atoms with van der Waals surface area (Å²) in [5.41, 5.74) is 1.39. The van der Waals surface area contributed by atoms with Crippen LogP contribution < -0.4 is 9.47 Å². The molecule has 0 atom stereocenters. The fourth-order valence-corrected chi connectivity index (χ4v) is 1.72. The summed E-state index contributed by atoms with van der Waals surface area (Å²) >= 11 is 5.82. The number of rotatable bonds is 4. The topological polar surface area (TPSA) is 55.1 Å². The number of nitrogens with zero attached hydrogens (tertiary/aromatic N) is 2. The van der Waals surface area contributed by atoms with Crippen molar-refractivity contribution in [1.82, 2.24) is 4.98 Å². The molecule has 2 aromatic rings. The number of pyridine rings is 1. The Labute approximate surface area is 116 Å². The quantitative estimate of drug-likeness (QED) is 0.859. The molecule has 0 spiro atoms. The lowest BCUT2D eigenvalue weighted by molar-refractivity contribution is 0.304. The number of hydrogen-bond donors (Lipinski definition) is 0. The van der Waals surface area contributed by atoms with E-state index in [1.54, 1.807) is 30.6 Å². The van der Waals surface area contributed by atoms with E-state index in [1.807, 2.05) is 6.07 Å². The van der Waals surface area contributed by atoms with E-state index >= 15 is 0 Å². The maximum atomic E-state index is 8.89. The van der Waals surface area contributed by atoms with Crippen LogP contribution in [0.2, 0.25) is 5.02 Å². The first-order valence-corrected chi connectivity index (χ1v) is 5.91. The van der Waals surface area contributed by atoms with Crippen molar-refractivity contribution in [3.63, 3.8) is 0 Å². The molecule has 0 bridgehead atoms. The zero-order chi connectivity index (χ0) is 13.7. The van der Waals surface area contributed by atoms with Crippen molar-refractivity contribution >= 4 is 11.6 Å². The summed E-state index contributed by atoms with van der Waals surface area (Å²) < 4.78 is 10.7. The zero-order valence-corrected chi connectivity index (χ0v) is 11.0. The Morgan fingerprint density at radius 3 is 2.84 bits per heavy atom. The van der Waals surface area contributed by atoms with Crippen LogP contribution in [0.15, 0.2) is 36.7 Å². The molecule has 1 aromatic heterocycles. The molecule has 0 fully saturated rings. The fraction of sp³-hybridized carbons (Fsp3) is 0.143. The molecule has 0 aliphatic heterocycles. The lowest BCUT2D eigenvalue weighted by Gasteiger charge is -2.08. The summed E-state index contributed by atoms with van der Waals surface area (Å²) in [6.45, 7) is 0.351. The average Bonchev–Trinajstić information content (AvgIpc) is 2.45. The van der Waals surface area contributed by atoms with E-state index in [2.05, 4.69) is 11.1 Å². The molecule has 0 N–H and O–H groups in total. The van der Waals surface area contributed by atoms with Gasteiger partial charge in [0.15, 0.2) is 0 Å². The second-order valence-corrected chi connectivity index (χ2v) is 4.21. The van der Waals surface area contributed by atoms with Gasteiger partial charge in [-0.2, -0.15) is 5.26 Å². The number of benzene rings is 1. The minimum atomic E-state index is 0.351. The molecular weight excluding hydrogens is 264 g/mol. The van der Waals surface area contributed by atoms with Gasteiger partial charge in [-0.05, 0) is 17.7 Å². The molecule has 0 amide bonds. The van der Waals surface area contributed by atoms with Crippen molar-refractivity contribution < 1.29 is 9.47 Å². The van der Waals surface area contributed by atoms with Crippen molar-refractivity contribution in [3.05, 3.63) is 52.8 Å². The van der Waals surface area contributed by atoms with Gasteiger partial charge in [0, 0.05) is 12.3 Å². The van der Waals surface area contributed by atoms with Gasteiger partial charge in [-0.1, -0.05) is 17.7 Å². The van der Waals surface area contributed by atoms with Gasteiger partial charge >= 0.3 is 0 Å². The first-order chi connectivity index (χ1) is 9.22. The normalized spacial score (nSPS) is 9.74. The van der Waals surface area contributed by atoms with Gasteiger partial charge in [0.1, 0.15) is 24.2 Å². The lowest BCUT2D eigenvalue weighted by atomic mass is 10.1. The molecule has 0 unspecified atom stereocenters. The minimum absolute atomic E-state index is 0.351. The van der Waals surface area contributed by atoms with Gasteiger partial charge in [0.05, 0.1) is 23.9 Å². The third kappa shape index (κ3) is 3.36. The number of hydrogen-bond acceptors (Lipinski definition) is 4. The summed E-state index contributed by atoms with van der Waals surface area (Å²) in [6, 6.07) is 9.05. The average molecular weight is 275 g/mol. The second kappa shape index (κ2) is 6.07. The Bertz CT molecular complexity index is 623. The Hall–Kier alpha value is -2.25. The third-order valence-corrected chi connectivity index (χ3v) is 2.68. The van der Waals surface area contributed by atoms with Crippen molar-refractivity contribution in [2.75, 3.05) is 7.11 Å². The van der Waals surface area contributed by atoms with Crippen LogP contribution in [0.1, 0.15) is 11.1 Å². The monoisotopic (exact) mass is 274 g/mol. The van der Waals surface area contributed by atoms with Gasteiger partial charge < -0.3 is 9.47 Å². The smallest absolute Gasteiger partial charge is 0.139 e. The van der Waals surface area contributed by atoms with Gasteiger partial charge in [0.25, 0.3) is 0 Å². The van der Waals surface area contributed by atoms with Crippen LogP contribution in [0, 0.1) is 11.3 Å². The Balaban J connectivity index is 2.10. The summed E-state index contributed by atoms with van der Waals surface area (Å²) in [6.07, 6.45) is 3.13. The van der Waals surface area contributed by atoms with Crippen molar-refractivity contribution in [2.24, 2.45) is 0 Å². The van der Waals surface area contributed by atoms with Crippen LogP contribution in [-0.4, -0.2) is 12.1 Å². The fourth-order valence-electron chi connectivity index (χ4n) is 1.56. The van der Waals surface area contributed by atoms with Crippen molar-refractivity contribution in [3.8, 4) is 17.6 Å². The summed E-state index contributed by atoms with van der Waals surface area (Å²) in [4.78, 5) is 3.93. The van der Waals surface area contributed by atoms with E-state index in [1.165, 1.54) is 7.11 Å². The van der Waals surface area contributed by atoms with Crippen molar-refractivity contribution in [1.29, 1.82) is 5.26 Å². The zero-order valence-electron chi connectivity index (χ0n) is 10.3. The third-order valence-electron chi connectivity index (χ3n) is 2.47. The number of aromatic nitrogens is 1. The molecule has 1 heterocycles. The SMILES string of the molecule is COc1cc(COc2cncc(Cl)c2)ccc1C#N. The molecule has 0 radical (unpaired) electrons. The Kier molecular flexibility index (Phi) is 4.22. The Morgan fingerprint density at radius 1 is 1.32 bits per heavy atom. The highest BCUT2D eigenvalue weighted by atomic mass is 35.5. The van der Waals surface area contributed by atoms with Gasteiger partial charge in [-0.25, -0.2) is 0 Å². The number of halogens is 1. The standard InChI is InChI=1S/C14H11ClN2O2/c1-18-14-4-10(2-3-11(14)6-16)9-19-13-5-12(15)7-17-8-13/h2-5,7-8H,9H2,1H3. The second-order valence-electron chi connectivity index (χ2n) is 3.77. The largest absolute Gasteiger partial charge is 0.495 e. The van der Waals surface area contributed by atoms with Crippen LogP contribution >= 0.6 is 11.6 Å². The summed E-state index contributed by atoms with van der Waals surface area (Å²) in [5, 5.41) is 9.42. The predicted molar refractivity (Wildman–Crippen MR) is 71.3 cm³/mol. The maximum absolute atomic E-state index is 8.89. The van der Waals surface area contributed by atoms with Gasteiger partial charge in [-0.15, -0.1) is 0 Å². The molecule has 0 saturated heterocycles. The van der Waals surface area contributed by atoms with Gasteiger partial charge in [-0.3, -0.25) is 4.98 Å². The van der Waals surface area contributed by atoms with E-state index in [4.69, 9.17) is 26.3 Å². The molecular formula is C14H11ClN2O2. The lowest BCUT2D eigenvalue weighted by Crippen LogP contribution is -1.97. The van der Waals surface area contributed by atoms with E-state index < -0.39 is 0 Å². The molecule has 1 aromatic carbocycles. The van der Waals surface area contributed by atoms with E-state index in [9.17, 15) is 0 Å². The minimum Gasteiger partial charge on any atom is -0.495 e. The van der Waals surface area contributed by atoms with Crippen molar-refractivity contribution in [2.45, 2.75) is 6.61 Å². The number of methoxy groups -OCH3 is 1. The van der Waals surface area contributed by atoms with Crippen LogP contribution in [0.4, 0.5) is 0 Å². The van der Waals surface area contributed by atoms with Crippen LogP contribution in [-0.2, 0) is 6.61 Å². The first kappa shape index (κ1) is 13.2. The first-order valence-electron chi connectivity index (χ1n) is 5.53. The maximum Gasteiger partial charge on any atom is 0.139 e. The summed E-state index contributed by atoms with van der Waals surface area (Å²) in [7, 11) is 1.53. The molecule has 4 nitrogen and oxygen atoms in total.